The molecule has 1 heterocycles. The van der Waals surface area contributed by atoms with E-state index in [1.54, 1.807) is 7.05 Å². The smallest absolute Gasteiger partial charge is 0.387 e. The second-order valence-electron chi connectivity index (χ2n) is 6.58. The molecule has 0 aliphatic carbocycles. The standard InChI is InChI=1S/C19H29F3N4O.HI/c1-4-25(5-2)12-14-9-10-26(13-14)19(23-3)24-11-15-16(20)7-6-8-17(15)27-18(21)22;/h6-8,14,18H,4-5,9-13H2,1-3H3,(H,23,24);1H. The van der Waals surface area contributed by atoms with Crippen LogP contribution in [0.15, 0.2) is 23.2 Å². The highest BCUT2D eigenvalue weighted by Gasteiger charge is 2.26. The maximum Gasteiger partial charge on any atom is 0.387 e. The van der Waals surface area contributed by atoms with Gasteiger partial charge in [0.05, 0.1) is 0 Å². The van der Waals surface area contributed by atoms with Crippen molar-refractivity contribution in [2.45, 2.75) is 33.4 Å². The van der Waals surface area contributed by atoms with Gasteiger partial charge in [0.2, 0.25) is 0 Å². The number of ether oxygens (including phenoxy) is 1. The first-order valence-electron chi connectivity index (χ1n) is 9.38. The molecule has 28 heavy (non-hydrogen) atoms. The number of alkyl halides is 2. The summed E-state index contributed by atoms with van der Waals surface area (Å²) >= 11 is 0. The molecule has 9 heteroatoms. The molecular formula is C19H30F3IN4O. The van der Waals surface area contributed by atoms with Crippen molar-refractivity contribution >= 4 is 29.9 Å². The number of hydrogen-bond donors (Lipinski definition) is 1. The van der Waals surface area contributed by atoms with Crippen molar-refractivity contribution < 1.29 is 17.9 Å². The summed E-state index contributed by atoms with van der Waals surface area (Å²) in [6.45, 7) is 6.18. The van der Waals surface area contributed by atoms with Gasteiger partial charge in [-0.15, -0.1) is 24.0 Å². The minimum atomic E-state index is -3.00. The molecule has 1 aliphatic rings. The zero-order valence-corrected chi connectivity index (χ0v) is 19.0. The summed E-state index contributed by atoms with van der Waals surface area (Å²) in [5.74, 6) is 0.448. The molecule has 1 unspecified atom stereocenters. The van der Waals surface area contributed by atoms with Crippen molar-refractivity contribution in [2.24, 2.45) is 10.9 Å². The van der Waals surface area contributed by atoms with Gasteiger partial charge in [0, 0.05) is 38.8 Å². The van der Waals surface area contributed by atoms with E-state index in [9.17, 15) is 13.2 Å². The van der Waals surface area contributed by atoms with E-state index in [4.69, 9.17) is 0 Å². The Bertz CT molecular complexity index is 629. The Balaban J connectivity index is 0.00000392. The number of halogens is 4. The third kappa shape index (κ3) is 6.98. The lowest BCUT2D eigenvalue weighted by Crippen LogP contribution is -2.40. The summed E-state index contributed by atoms with van der Waals surface area (Å²) in [5.41, 5.74) is 0.0674. The van der Waals surface area contributed by atoms with Crippen molar-refractivity contribution in [1.82, 2.24) is 15.1 Å². The van der Waals surface area contributed by atoms with E-state index in [-0.39, 0.29) is 41.8 Å². The number of rotatable bonds is 8. The van der Waals surface area contributed by atoms with Crippen molar-refractivity contribution in [3.05, 3.63) is 29.6 Å². The predicted molar refractivity (Wildman–Crippen MR) is 116 cm³/mol. The van der Waals surface area contributed by atoms with Gasteiger partial charge in [-0.25, -0.2) is 4.39 Å². The van der Waals surface area contributed by atoms with Crippen molar-refractivity contribution in [1.29, 1.82) is 0 Å². The molecule has 1 aromatic carbocycles. The first-order chi connectivity index (χ1) is 13.0. The van der Waals surface area contributed by atoms with Gasteiger partial charge in [0.1, 0.15) is 11.6 Å². The lowest BCUT2D eigenvalue weighted by Gasteiger charge is -2.24. The van der Waals surface area contributed by atoms with Gasteiger partial charge in [-0.2, -0.15) is 8.78 Å². The zero-order chi connectivity index (χ0) is 19.8. The summed E-state index contributed by atoms with van der Waals surface area (Å²) in [6, 6.07) is 3.92. The topological polar surface area (TPSA) is 40.1 Å². The van der Waals surface area contributed by atoms with E-state index in [0.29, 0.717) is 11.9 Å². The van der Waals surface area contributed by atoms with Gasteiger partial charge in [0.25, 0.3) is 0 Å². The van der Waals surface area contributed by atoms with Crippen LogP contribution in [0, 0.1) is 11.7 Å². The first-order valence-corrected chi connectivity index (χ1v) is 9.38. The van der Waals surface area contributed by atoms with Crippen LogP contribution >= 0.6 is 24.0 Å². The monoisotopic (exact) mass is 514 g/mol. The summed E-state index contributed by atoms with van der Waals surface area (Å²) in [6.07, 6.45) is 1.07. The minimum absolute atomic E-state index is 0. The van der Waals surface area contributed by atoms with Gasteiger partial charge in [-0.3, -0.25) is 4.99 Å². The molecule has 2 rings (SSSR count). The Kier molecular flexibility index (Phi) is 10.9. The Morgan fingerprint density at radius 2 is 2.07 bits per heavy atom. The van der Waals surface area contributed by atoms with Crippen LogP contribution in [-0.2, 0) is 6.54 Å². The molecule has 1 N–H and O–H groups in total. The van der Waals surface area contributed by atoms with Crippen LogP contribution in [0.1, 0.15) is 25.8 Å². The Morgan fingerprint density at radius 1 is 1.36 bits per heavy atom. The fourth-order valence-electron chi connectivity index (χ4n) is 3.44. The van der Waals surface area contributed by atoms with Crippen LogP contribution in [0.5, 0.6) is 5.75 Å². The number of likely N-dealkylation sites (tertiary alicyclic amines) is 1. The van der Waals surface area contributed by atoms with Gasteiger partial charge >= 0.3 is 6.61 Å². The van der Waals surface area contributed by atoms with Gasteiger partial charge in [-0.1, -0.05) is 19.9 Å². The van der Waals surface area contributed by atoms with E-state index in [2.05, 4.69) is 38.7 Å². The Labute approximate surface area is 182 Å². The van der Waals surface area contributed by atoms with Crippen molar-refractivity contribution in [3.8, 4) is 5.75 Å². The molecule has 160 valence electrons. The summed E-state index contributed by atoms with van der Waals surface area (Å²) in [5, 5.41) is 3.08. The third-order valence-electron chi connectivity index (χ3n) is 4.92. The average molecular weight is 514 g/mol. The predicted octanol–water partition coefficient (Wildman–Crippen LogP) is 3.78. The number of benzene rings is 1. The molecule has 5 nitrogen and oxygen atoms in total. The molecule has 0 bridgehead atoms. The highest BCUT2D eigenvalue weighted by molar-refractivity contribution is 14.0. The molecule has 1 aromatic rings. The van der Waals surface area contributed by atoms with E-state index < -0.39 is 12.4 Å². The minimum Gasteiger partial charge on any atom is -0.434 e. The molecular weight excluding hydrogens is 484 g/mol. The number of nitrogens with zero attached hydrogens (tertiary/aromatic N) is 3. The number of guanidine groups is 1. The van der Waals surface area contributed by atoms with Crippen LogP contribution in [0.3, 0.4) is 0 Å². The average Bonchev–Trinajstić information content (AvgIpc) is 3.10. The summed E-state index contributed by atoms with van der Waals surface area (Å²) in [4.78, 5) is 8.79. The fourth-order valence-corrected chi connectivity index (χ4v) is 3.44. The largest absolute Gasteiger partial charge is 0.434 e. The van der Waals surface area contributed by atoms with Crippen LogP contribution in [0.25, 0.3) is 0 Å². The van der Waals surface area contributed by atoms with Crippen LogP contribution in [-0.4, -0.2) is 62.1 Å². The zero-order valence-electron chi connectivity index (χ0n) is 16.6. The highest BCUT2D eigenvalue weighted by Crippen LogP contribution is 2.24. The second-order valence-corrected chi connectivity index (χ2v) is 6.58. The quantitative estimate of drug-likeness (QED) is 0.326. The maximum absolute atomic E-state index is 14.1. The van der Waals surface area contributed by atoms with Gasteiger partial charge < -0.3 is 19.9 Å². The fraction of sp³-hybridized carbons (Fsp3) is 0.632. The summed E-state index contributed by atoms with van der Waals surface area (Å²) in [7, 11) is 1.66. The van der Waals surface area contributed by atoms with Crippen LogP contribution in [0.4, 0.5) is 13.2 Å². The number of aliphatic imine (C=N–C) groups is 1. The first kappa shape index (κ1) is 24.8. The van der Waals surface area contributed by atoms with E-state index in [1.807, 2.05) is 0 Å². The molecule has 1 fully saturated rings. The van der Waals surface area contributed by atoms with Crippen molar-refractivity contribution in [3.63, 3.8) is 0 Å². The van der Waals surface area contributed by atoms with E-state index >= 15 is 0 Å². The van der Waals surface area contributed by atoms with Gasteiger partial charge in [-0.05, 0) is 37.6 Å². The molecule has 0 amide bonds. The number of hydrogen-bond acceptors (Lipinski definition) is 3. The van der Waals surface area contributed by atoms with E-state index in [0.717, 1.165) is 39.1 Å². The maximum atomic E-state index is 14.1. The molecule has 0 aromatic heterocycles. The number of nitrogens with one attached hydrogen (secondary N) is 1. The molecule has 1 atom stereocenters. The Hall–Kier alpha value is -1.23. The molecule has 1 saturated heterocycles. The molecule has 0 radical (unpaired) electrons. The highest BCUT2D eigenvalue weighted by atomic mass is 127. The molecule has 0 spiro atoms. The lowest BCUT2D eigenvalue weighted by molar-refractivity contribution is -0.0506. The van der Waals surface area contributed by atoms with Crippen LogP contribution in [0.2, 0.25) is 0 Å². The normalized spacial score (nSPS) is 17.2. The Morgan fingerprint density at radius 3 is 2.68 bits per heavy atom. The van der Waals surface area contributed by atoms with Crippen molar-refractivity contribution in [2.75, 3.05) is 39.8 Å². The third-order valence-corrected chi connectivity index (χ3v) is 4.92. The molecule has 0 saturated carbocycles. The van der Waals surface area contributed by atoms with Gasteiger partial charge in [0.15, 0.2) is 5.96 Å². The van der Waals surface area contributed by atoms with Crippen LogP contribution < -0.4 is 10.1 Å². The lowest BCUT2D eigenvalue weighted by atomic mass is 10.1. The SMILES string of the molecule is CCN(CC)CC1CCN(C(=NC)NCc2c(F)cccc2OC(F)F)C1.I. The van der Waals surface area contributed by atoms with E-state index in [1.165, 1.54) is 18.2 Å². The second kappa shape index (κ2) is 12.4. The summed E-state index contributed by atoms with van der Waals surface area (Å²) < 4.78 is 43.6. The molecule has 1 aliphatic heterocycles.